The summed E-state index contributed by atoms with van der Waals surface area (Å²) in [5, 5.41) is 4.55. The van der Waals surface area contributed by atoms with Crippen LogP contribution < -0.4 is 10.2 Å². The number of hydrogen-bond donors (Lipinski definition) is 1. The fourth-order valence-corrected chi connectivity index (χ4v) is 3.00. The van der Waals surface area contributed by atoms with Gasteiger partial charge in [0.25, 0.3) is 0 Å². The van der Waals surface area contributed by atoms with E-state index in [2.05, 4.69) is 48.3 Å². The van der Waals surface area contributed by atoms with Crippen molar-refractivity contribution in [3.05, 3.63) is 35.2 Å². The number of anilines is 1. The highest BCUT2D eigenvalue weighted by Gasteiger charge is 2.13. The topological polar surface area (TPSA) is 28.2 Å². The zero-order valence-electron chi connectivity index (χ0n) is 12.7. The first-order chi connectivity index (χ1) is 9.58. The molecule has 1 N–H and O–H groups in total. The average Bonchev–Trinajstić information content (AvgIpc) is 2.84. The molecule has 108 valence electrons. The maximum Gasteiger partial charge on any atom is 0.185 e. The van der Waals surface area contributed by atoms with Gasteiger partial charge in [0.05, 0.1) is 5.69 Å². The monoisotopic (exact) mass is 289 g/mol. The lowest BCUT2D eigenvalue weighted by Gasteiger charge is -2.07. The van der Waals surface area contributed by atoms with Crippen LogP contribution in [0.4, 0.5) is 5.13 Å². The fourth-order valence-electron chi connectivity index (χ4n) is 2.00. The zero-order chi connectivity index (χ0) is 14.5. The largest absolute Gasteiger partial charge is 0.354 e. The second-order valence-electron chi connectivity index (χ2n) is 5.39. The highest BCUT2D eigenvalue weighted by Crippen LogP contribution is 2.32. The molecule has 0 saturated heterocycles. The minimum absolute atomic E-state index is 0.524. The molecule has 1 heterocycles. The van der Waals surface area contributed by atoms with E-state index in [0.717, 1.165) is 23.8 Å². The van der Waals surface area contributed by atoms with Gasteiger partial charge in [-0.3, -0.25) is 0 Å². The number of aromatic nitrogens is 1. The third kappa shape index (κ3) is 3.81. The summed E-state index contributed by atoms with van der Waals surface area (Å²) in [5.74, 6) is 0. The van der Waals surface area contributed by atoms with Crippen LogP contribution in [0, 0.1) is 0 Å². The Morgan fingerprint density at radius 1 is 1.20 bits per heavy atom. The van der Waals surface area contributed by atoms with E-state index in [-0.39, 0.29) is 0 Å². The molecule has 1 aromatic carbocycles. The summed E-state index contributed by atoms with van der Waals surface area (Å²) < 4.78 is 0. The summed E-state index contributed by atoms with van der Waals surface area (Å²) in [6.07, 6.45) is 1.02. The normalized spacial score (nSPS) is 11.1. The van der Waals surface area contributed by atoms with Crippen LogP contribution in [0.25, 0.3) is 11.3 Å². The summed E-state index contributed by atoms with van der Waals surface area (Å²) in [6.45, 7) is 5.35. The standard InChI is InChI=1S/C16H23N3S/c1-12(2)17-11-10-14-15(13-8-6-5-7-9-13)18-16(20-14)19(3)4/h5-9,12,17H,10-11H2,1-4H3. The van der Waals surface area contributed by atoms with Gasteiger partial charge in [-0.2, -0.15) is 0 Å². The van der Waals surface area contributed by atoms with E-state index >= 15 is 0 Å². The molecule has 4 heteroatoms. The van der Waals surface area contributed by atoms with Crippen molar-refractivity contribution in [1.29, 1.82) is 0 Å². The van der Waals surface area contributed by atoms with Crippen LogP contribution >= 0.6 is 11.3 Å². The molecule has 0 aliphatic rings. The fraction of sp³-hybridized carbons (Fsp3) is 0.438. The number of benzene rings is 1. The smallest absolute Gasteiger partial charge is 0.185 e. The van der Waals surface area contributed by atoms with Gasteiger partial charge in [0.2, 0.25) is 0 Å². The molecule has 2 aromatic rings. The number of nitrogens with one attached hydrogen (secondary N) is 1. The third-order valence-electron chi connectivity index (χ3n) is 3.02. The molecule has 20 heavy (non-hydrogen) atoms. The predicted molar refractivity (Wildman–Crippen MR) is 88.7 cm³/mol. The van der Waals surface area contributed by atoms with E-state index < -0.39 is 0 Å². The second-order valence-corrected chi connectivity index (χ2v) is 6.45. The van der Waals surface area contributed by atoms with Crippen molar-refractivity contribution in [2.24, 2.45) is 0 Å². The van der Waals surface area contributed by atoms with Crippen LogP contribution in [0.2, 0.25) is 0 Å². The molecule has 2 rings (SSSR count). The molecule has 0 spiro atoms. The maximum atomic E-state index is 4.79. The minimum atomic E-state index is 0.524. The van der Waals surface area contributed by atoms with Crippen molar-refractivity contribution in [2.45, 2.75) is 26.3 Å². The molecule has 0 aliphatic carbocycles. The van der Waals surface area contributed by atoms with E-state index in [9.17, 15) is 0 Å². The Labute approximate surface area is 125 Å². The number of rotatable bonds is 6. The SMILES string of the molecule is CC(C)NCCc1sc(N(C)C)nc1-c1ccccc1. The number of hydrogen-bond acceptors (Lipinski definition) is 4. The van der Waals surface area contributed by atoms with Crippen molar-refractivity contribution in [2.75, 3.05) is 25.5 Å². The van der Waals surface area contributed by atoms with Crippen molar-refractivity contribution in [3.63, 3.8) is 0 Å². The van der Waals surface area contributed by atoms with Crippen LogP contribution in [0.1, 0.15) is 18.7 Å². The highest BCUT2D eigenvalue weighted by atomic mass is 32.1. The van der Waals surface area contributed by atoms with Crippen LogP contribution in [0.15, 0.2) is 30.3 Å². The summed E-state index contributed by atoms with van der Waals surface area (Å²) in [5.41, 5.74) is 2.33. The van der Waals surface area contributed by atoms with Crippen molar-refractivity contribution >= 4 is 16.5 Å². The van der Waals surface area contributed by atoms with E-state index in [4.69, 9.17) is 4.98 Å². The van der Waals surface area contributed by atoms with Gasteiger partial charge in [-0.05, 0) is 6.42 Å². The van der Waals surface area contributed by atoms with Crippen LogP contribution in [-0.4, -0.2) is 31.7 Å². The zero-order valence-corrected chi connectivity index (χ0v) is 13.5. The summed E-state index contributed by atoms with van der Waals surface area (Å²) in [7, 11) is 4.09. The average molecular weight is 289 g/mol. The van der Waals surface area contributed by atoms with Crippen LogP contribution in [0.5, 0.6) is 0 Å². The second kappa shape index (κ2) is 6.86. The number of thiazole rings is 1. The Balaban J connectivity index is 2.24. The van der Waals surface area contributed by atoms with Gasteiger partial charge in [-0.15, -0.1) is 11.3 Å². The molecular formula is C16H23N3S. The van der Waals surface area contributed by atoms with Crippen LogP contribution in [0.3, 0.4) is 0 Å². The van der Waals surface area contributed by atoms with E-state index in [1.54, 1.807) is 11.3 Å². The third-order valence-corrected chi connectivity index (χ3v) is 4.30. The van der Waals surface area contributed by atoms with Gasteiger partial charge < -0.3 is 10.2 Å². The lowest BCUT2D eigenvalue weighted by atomic mass is 10.1. The van der Waals surface area contributed by atoms with Crippen molar-refractivity contribution < 1.29 is 0 Å². The molecule has 0 radical (unpaired) electrons. The molecule has 0 saturated carbocycles. The Kier molecular flexibility index (Phi) is 5.15. The Hall–Kier alpha value is -1.39. The van der Waals surface area contributed by atoms with E-state index in [0.29, 0.717) is 6.04 Å². The van der Waals surface area contributed by atoms with Gasteiger partial charge in [-0.25, -0.2) is 4.98 Å². The van der Waals surface area contributed by atoms with Gasteiger partial charge in [0, 0.05) is 37.1 Å². The first-order valence-electron chi connectivity index (χ1n) is 7.03. The first kappa shape index (κ1) is 15.0. The van der Waals surface area contributed by atoms with Crippen molar-refractivity contribution in [1.82, 2.24) is 10.3 Å². The molecule has 0 amide bonds. The number of nitrogens with zero attached hydrogens (tertiary/aromatic N) is 2. The summed E-state index contributed by atoms with van der Waals surface area (Å²) >= 11 is 1.79. The summed E-state index contributed by atoms with van der Waals surface area (Å²) in [6, 6.07) is 11.0. The lowest BCUT2D eigenvalue weighted by Crippen LogP contribution is -2.24. The molecule has 0 atom stereocenters. The van der Waals surface area contributed by atoms with Gasteiger partial charge >= 0.3 is 0 Å². The molecule has 0 fully saturated rings. The highest BCUT2D eigenvalue weighted by molar-refractivity contribution is 7.16. The van der Waals surface area contributed by atoms with E-state index in [1.807, 2.05) is 20.2 Å². The Bertz CT molecular complexity index is 532. The van der Waals surface area contributed by atoms with Gasteiger partial charge in [0.15, 0.2) is 5.13 Å². The van der Waals surface area contributed by atoms with Crippen molar-refractivity contribution in [3.8, 4) is 11.3 Å². The Morgan fingerprint density at radius 3 is 2.50 bits per heavy atom. The van der Waals surface area contributed by atoms with E-state index in [1.165, 1.54) is 10.4 Å². The molecule has 0 unspecified atom stereocenters. The summed E-state index contributed by atoms with van der Waals surface area (Å²) in [4.78, 5) is 8.23. The predicted octanol–water partition coefficient (Wildman–Crippen LogP) is 3.42. The molecular weight excluding hydrogens is 266 g/mol. The minimum Gasteiger partial charge on any atom is -0.354 e. The van der Waals surface area contributed by atoms with Crippen LogP contribution in [-0.2, 0) is 6.42 Å². The van der Waals surface area contributed by atoms with Gasteiger partial charge in [0.1, 0.15) is 0 Å². The quantitative estimate of drug-likeness (QED) is 0.883. The first-order valence-corrected chi connectivity index (χ1v) is 7.85. The molecule has 0 bridgehead atoms. The molecule has 3 nitrogen and oxygen atoms in total. The maximum absolute atomic E-state index is 4.79. The lowest BCUT2D eigenvalue weighted by molar-refractivity contribution is 0.592. The molecule has 0 aliphatic heterocycles. The van der Waals surface area contributed by atoms with Gasteiger partial charge in [-0.1, -0.05) is 44.2 Å². The molecule has 1 aromatic heterocycles. The Morgan fingerprint density at radius 2 is 1.90 bits per heavy atom.